The van der Waals surface area contributed by atoms with E-state index in [4.69, 9.17) is 23.7 Å². The van der Waals surface area contributed by atoms with E-state index in [2.05, 4.69) is 5.32 Å². The van der Waals surface area contributed by atoms with Crippen LogP contribution in [0.4, 0.5) is 0 Å². The van der Waals surface area contributed by atoms with Crippen LogP contribution in [0, 0.1) is 0 Å². The molecule has 2 amide bonds. The number of rotatable bonds is 8. The Morgan fingerprint density at radius 1 is 1.03 bits per heavy atom. The summed E-state index contributed by atoms with van der Waals surface area (Å²) in [6.07, 6.45) is -0.155. The Hall–Kier alpha value is -3.01. The number of methoxy groups -OCH3 is 3. The van der Waals surface area contributed by atoms with Crippen LogP contribution < -0.4 is 19.5 Å². The highest BCUT2D eigenvalue weighted by molar-refractivity contribution is 5.97. The van der Waals surface area contributed by atoms with Gasteiger partial charge in [0.2, 0.25) is 5.75 Å². The zero-order valence-corrected chi connectivity index (χ0v) is 17.9. The summed E-state index contributed by atoms with van der Waals surface area (Å²) in [5.41, 5.74) is 0.213. The molecule has 0 aromatic heterocycles. The number of carbonyl (C=O) groups is 3. The molecular weight excluding hydrogens is 396 g/mol. The van der Waals surface area contributed by atoms with Gasteiger partial charge in [0.05, 0.1) is 33.5 Å². The average Bonchev–Trinajstić information content (AvgIpc) is 2.73. The van der Waals surface area contributed by atoms with Gasteiger partial charge < -0.3 is 33.9 Å². The summed E-state index contributed by atoms with van der Waals surface area (Å²) < 4.78 is 26.2. The molecule has 30 heavy (non-hydrogen) atoms. The van der Waals surface area contributed by atoms with Gasteiger partial charge in [0, 0.05) is 18.7 Å². The molecule has 1 aromatic rings. The van der Waals surface area contributed by atoms with E-state index in [1.807, 2.05) is 13.8 Å². The highest BCUT2D eigenvalue weighted by Crippen LogP contribution is 2.38. The third-order valence-corrected chi connectivity index (χ3v) is 4.45. The van der Waals surface area contributed by atoms with Crippen LogP contribution in [0.1, 0.15) is 24.2 Å². The molecular formula is C20H28N2O8. The zero-order chi connectivity index (χ0) is 22.3. The Morgan fingerprint density at radius 3 is 2.10 bits per heavy atom. The Kier molecular flexibility index (Phi) is 8.28. The number of morpholine rings is 1. The lowest BCUT2D eigenvalue weighted by molar-refractivity contribution is -0.156. The highest BCUT2D eigenvalue weighted by atomic mass is 16.5. The van der Waals surface area contributed by atoms with Crippen LogP contribution in [-0.4, -0.2) is 82.5 Å². The van der Waals surface area contributed by atoms with Crippen molar-refractivity contribution in [3.8, 4) is 17.2 Å². The Labute approximate surface area is 175 Å². The molecule has 1 aliphatic heterocycles. The summed E-state index contributed by atoms with van der Waals surface area (Å²) in [7, 11) is 4.32. The third kappa shape index (κ3) is 5.99. The maximum atomic E-state index is 12.4. The van der Waals surface area contributed by atoms with Crippen LogP contribution >= 0.6 is 0 Å². The fourth-order valence-corrected chi connectivity index (χ4v) is 3.13. The Balaban J connectivity index is 1.87. The summed E-state index contributed by atoms with van der Waals surface area (Å²) in [6.45, 7) is 3.86. The number of ether oxygens (including phenoxy) is 5. The molecule has 1 heterocycles. The molecule has 2 atom stereocenters. The molecule has 0 saturated carbocycles. The van der Waals surface area contributed by atoms with Crippen molar-refractivity contribution in [2.24, 2.45) is 0 Å². The molecule has 10 heteroatoms. The molecule has 1 saturated heterocycles. The van der Waals surface area contributed by atoms with Crippen molar-refractivity contribution in [1.29, 1.82) is 0 Å². The van der Waals surface area contributed by atoms with Crippen molar-refractivity contribution in [2.45, 2.75) is 26.1 Å². The van der Waals surface area contributed by atoms with E-state index in [0.29, 0.717) is 30.3 Å². The second-order valence-corrected chi connectivity index (χ2v) is 6.81. The summed E-state index contributed by atoms with van der Waals surface area (Å²) in [5, 5.41) is 2.45. The molecule has 1 N–H and O–H groups in total. The molecule has 166 valence electrons. The first-order chi connectivity index (χ1) is 14.3. The van der Waals surface area contributed by atoms with Gasteiger partial charge in [-0.1, -0.05) is 0 Å². The number of nitrogens with one attached hydrogen (secondary N) is 1. The van der Waals surface area contributed by atoms with Crippen LogP contribution in [-0.2, 0) is 19.1 Å². The standard InChI is InChI=1S/C20H28N2O8/c1-12-9-22(10-13(2)30-12)17(23)11-29-18(24)8-21-20(25)14-6-15(26-3)19(28-5)16(7-14)27-4/h6-7,12-13H,8-11H2,1-5H3,(H,21,25)/t12-,13-/m1/s1. The second-order valence-electron chi connectivity index (χ2n) is 6.81. The molecule has 0 radical (unpaired) electrons. The molecule has 1 aliphatic rings. The lowest BCUT2D eigenvalue weighted by Crippen LogP contribution is -2.49. The lowest BCUT2D eigenvalue weighted by atomic mass is 10.1. The fraction of sp³-hybridized carbons (Fsp3) is 0.550. The number of carbonyl (C=O) groups excluding carboxylic acids is 3. The van der Waals surface area contributed by atoms with Crippen molar-refractivity contribution in [3.63, 3.8) is 0 Å². The van der Waals surface area contributed by atoms with E-state index < -0.39 is 25.0 Å². The summed E-state index contributed by atoms with van der Waals surface area (Å²) in [4.78, 5) is 38.1. The Bertz CT molecular complexity index is 747. The quantitative estimate of drug-likeness (QED) is 0.605. The summed E-state index contributed by atoms with van der Waals surface area (Å²) in [6, 6.07) is 2.93. The topological polar surface area (TPSA) is 113 Å². The summed E-state index contributed by atoms with van der Waals surface area (Å²) >= 11 is 0. The maximum absolute atomic E-state index is 12.4. The van der Waals surface area contributed by atoms with E-state index in [-0.39, 0.29) is 23.7 Å². The first-order valence-corrected chi connectivity index (χ1v) is 9.46. The number of esters is 1. The van der Waals surface area contributed by atoms with Crippen LogP contribution in [0.2, 0.25) is 0 Å². The van der Waals surface area contributed by atoms with Crippen LogP contribution in [0.3, 0.4) is 0 Å². The minimum atomic E-state index is -0.724. The predicted molar refractivity (Wildman–Crippen MR) is 106 cm³/mol. The zero-order valence-electron chi connectivity index (χ0n) is 17.9. The third-order valence-electron chi connectivity index (χ3n) is 4.45. The van der Waals surface area contributed by atoms with Gasteiger partial charge >= 0.3 is 5.97 Å². The maximum Gasteiger partial charge on any atom is 0.325 e. The second kappa shape index (κ2) is 10.7. The average molecular weight is 424 g/mol. The van der Waals surface area contributed by atoms with E-state index in [9.17, 15) is 14.4 Å². The number of nitrogens with zero attached hydrogens (tertiary/aromatic N) is 1. The molecule has 0 aliphatic carbocycles. The SMILES string of the molecule is COc1cc(C(=O)NCC(=O)OCC(=O)N2C[C@@H](C)O[C@H](C)C2)cc(OC)c1OC. The summed E-state index contributed by atoms with van der Waals surface area (Å²) in [5.74, 6) is -0.595. The first-order valence-electron chi connectivity index (χ1n) is 9.46. The number of amides is 2. The van der Waals surface area contributed by atoms with E-state index in [1.54, 1.807) is 4.90 Å². The van der Waals surface area contributed by atoms with E-state index in [0.717, 1.165) is 0 Å². The molecule has 1 fully saturated rings. The van der Waals surface area contributed by atoms with Crippen LogP contribution in [0.15, 0.2) is 12.1 Å². The van der Waals surface area contributed by atoms with Gasteiger partial charge in [-0.15, -0.1) is 0 Å². The highest BCUT2D eigenvalue weighted by Gasteiger charge is 2.26. The molecule has 0 unspecified atom stereocenters. The van der Waals surface area contributed by atoms with Gasteiger partial charge in [0.25, 0.3) is 11.8 Å². The largest absolute Gasteiger partial charge is 0.493 e. The molecule has 10 nitrogen and oxygen atoms in total. The van der Waals surface area contributed by atoms with Crippen molar-refractivity contribution >= 4 is 17.8 Å². The number of hydrogen-bond donors (Lipinski definition) is 1. The Morgan fingerprint density at radius 2 is 1.60 bits per heavy atom. The minimum Gasteiger partial charge on any atom is -0.493 e. The molecule has 0 spiro atoms. The minimum absolute atomic E-state index is 0.0776. The van der Waals surface area contributed by atoms with Gasteiger partial charge in [-0.3, -0.25) is 14.4 Å². The molecule has 1 aromatic carbocycles. The van der Waals surface area contributed by atoms with Gasteiger partial charge in [-0.25, -0.2) is 0 Å². The normalized spacial score (nSPS) is 18.4. The van der Waals surface area contributed by atoms with Gasteiger partial charge in [0.15, 0.2) is 18.1 Å². The van der Waals surface area contributed by atoms with Crippen LogP contribution in [0.25, 0.3) is 0 Å². The predicted octanol–water partition coefficient (Wildman–Crippen LogP) is 0.621. The van der Waals surface area contributed by atoms with Gasteiger partial charge in [-0.2, -0.15) is 0 Å². The molecule has 2 rings (SSSR count). The first kappa shape index (κ1) is 23.3. The molecule has 0 bridgehead atoms. The van der Waals surface area contributed by atoms with E-state index in [1.165, 1.54) is 33.5 Å². The fourth-order valence-electron chi connectivity index (χ4n) is 3.13. The van der Waals surface area contributed by atoms with Crippen molar-refractivity contribution < 1.29 is 38.1 Å². The van der Waals surface area contributed by atoms with Gasteiger partial charge in [0.1, 0.15) is 6.54 Å². The number of hydrogen-bond acceptors (Lipinski definition) is 8. The van der Waals surface area contributed by atoms with Crippen molar-refractivity contribution in [1.82, 2.24) is 10.2 Å². The van der Waals surface area contributed by atoms with Crippen molar-refractivity contribution in [2.75, 3.05) is 47.6 Å². The van der Waals surface area contributed by atoms with Gasteiger partial charge in [-0.05, 0) is 26.0 Å². The number of benzene rings is 1. The van der Waals surface area contributed by atoms with Crippen LogP contribution in [0.5, 0.6) is 17.2 Å². The smallest absolute Gasteiger partial charge is 0.325 e. The monoisotopic (exact) mass is 424 g/mol. The lowest BCUT2D eigenvalue weighted by Gasteiger charge is -2.35. The van der Waals surface area contributed by atoms with E-state index >= 15 is 0 Å². The van der Waals surface area contributed by atoms with Crippen molar-refractivity contribution in [3.05, 3.63) is 17.7 Å².